The van der Waals surface area contributed by atoms with E-state index in [2.05, 4.69) is 16.0 Å². The molecule has 1 aromatic carbocycles. The van der Waals surface area contributed by atoms with Gasteiger partial charge in [-0.05, 0) is 42.7 Å². The van der Waals surface area contributed by atoms with Gasteiger partial charge in [-0.15, -0.1) is 0 Å². The number of hydrogen-bond acceptors (Lipinski definition) is 7. The number of benzene rings is 1. The molecule has 6 rings (SSSR count). The van der Waals surface area contributed by atoms with E-state index in [1.165, 1.54) is 0 Å². The molecule has 2 N–H and O–H groups in total. The maximum absolute atomic E-state index is 13.6. The molecule has 1 saturated carbocycles. The number of rotatable bonds is 7. The number of allylic oxidation sites excluding steroid dienone is 1. The van der Waals surface area contributed by atoms with E-state index in [1.807, 2.05) is 59.7 Å². The van der Waals surface area contributed by atoms with Gasteiger partial charge < -0.3 is 10.6 Å². The Labute approximate surface area is 238 Å². The molecular formula is C32H31N7O2. The maximum atomic E-state index is 13.6. The second-order valence-corrected chi connectivity index (χ2v) is 11.4. The molecular weight excluding hydrogens is 514 g/mol. The number of anilines is 1. The van der Waals surface area contributed by atoms with Gasteiger partial charge in [-0.3, -0.25) is 19.0 Å². The standard InChI is InChI=1S/C32H31N7O2/c1-20(2)15-23(18-33)31(41)39-19-32(10-11-32)17-25(39)30-37-27(28-29(34)36-13-14-38(28)30)22-8-6-21(7-9-22)26(40)16-24-5-3-4-12-35-24/h3-9,12-15,20,25H,10-11,16-17,19H2,1-2H3,(H2,34,36)/b23-15-/t25-/m0/s1. The van der Waals surface area contributed by atoms with Crippen LogP contribution in [0.4, 0.5) is 5.82 Å². The van der Waals surface area contributed by atoms with E-state index in [-0.39, 0.29) is 41.1 Å². The number of nitrogens with two attached hydrogens (primary N) is 1. The summed E-state index contributed by atoms with van der Waals surface area (Å²) in [4.78, 5) is 42.0. The number of ketones is 1. The molecule has 41 heavy (non-hydrogen) atoms. The molecule has 4 heterocycles. The van der Waals surface area contributed by atoms with E-state index in [0.717, 1.165) is 30.5 Å². The van der Waals surface area contributed by atoms with Crippen molar-refractivity contribution in [1.29, 1.82) is 5.26 Å². The summed E-state index contributed by atoms with van der Waals surface area (Å²) in [7, 11) is 0. The summed E-state index contributed by atoms with van der Waals surface area (Å²) < 4.78 is 1.92. The van der Waals surface area contributed by atoms with Crippen LogP contribution in [0.2, 0.25) is 0 Å². The van der Waals surface area contributed by atoms with Crippen molar-refractivity contribution in [2.24, 2.45) is 11.3 Å². The van der Waals surface area contributed by atoms with Gasteiger partial charge >= 0.3 is 0 Å². The van der Waals surface area contributed by atoms with Gasteiger partial charge in [-0.2, -0.15) is 5.26 Å². The van der Waals surface area contributed by atoms with Crippen molar-refractivity contribution in [3.63, 3.8) is 0 Å². The van der Waals surface area contributed by atoms with Crippen molar-refractivity contribution in [3.05, 3.63) is 89.8 Å². The molecule has 9 heteroatoms. The molecule has 3 aromatic heterocycles. The summed E-state index contributed by atoms with van der Waals surface area (Å²) in [6, 6.07) is 14.6. The van der Waals surface area contributed by atoms with Gasteiger partial charge in [0, 0.05) is 42.0 Å². The van der Waals surface area contributed by atoms with Crippen molar-refractivity contribution in [1.82, 2.24) is 24.3 Å². The number of nitriles is 1. The van der Waals surface area contributed by atoms with Gasteiger partial charge in [0.05, 0.1) is 12.5 Å². The fourth-order valence-corrected chi connectivity index (χ4v) is 5.79. The number of nitrogens with zero attached hydrogens (tertiary/aromatic N) is 6. The number of amides is 1. The number of Topliss-reactive ketones (excluding diaryl/α,β-unsaturated/α-hetero) is 1. The lowest BCUT2D eigenvalue weighted by Gasteiger charge is -2.24. The number of carbonyl (C=O) groups is 2. The molecule has 1 amide bonds. The number of imidazole rings is 1. The molecule has 2 fully saturated rings. The number of carbonyl (C=O) groups excluding carboxylic acids is 2. The Morgan fingerprint density at radius 3 is 2.59 bits per heavy atom. The Morgan fingerprint density at radius 1 is 1.15 bits per heavy atom. The smallest absolute Gasteiger partial charge is 0.264 e. The first-order valence-corrected chi connectivity index (χ1v) is 13.9. The molecule has 9 nitrogen and oxygen atoms in total. The molecule has 1 saturated heterocycles. The van der Waals surface area contributed by atoms with E-state index >= 15 is 0 Å². The first kappa shape index (κ1) is 26.4. The number of hydrogen-bond donors (Lipinski definition) is 1. The Hall–Kier alpha value is -4.84. The Balaban J connectivity index is 1.37. The van der Waals surface area contributed by atoms with E-state index in [0.29, 0.717) is 35.0 Å². The highest BCUT2D eigenvalue weighted by atomic mass is 16.2. The van der Waals surface area contributed by atoms with Gasteiger partial charge in [0.2, 0.25) is 0 Å². The zero-order chi connectivity index (χ0) is 28.7. The summed E-state index contributed by atoms with van der Waals surface area (Å²) >= 11 is 0. The first-order chi connectivity index (χ1) is 19.8. The number of fused-ring (bicyclic) bond motifs is 1. The van der Waals surface area contributed by atoms with Crippen molar-refractivity contribution >= 4 is 23.0 Å². The van der Waals surface area contributed by atoms with Crippen molar-refractivity contribution in [2.75, 3.05) is 12.3 Å². The lowest BCUT2D eigenvalue weighted by molar-refractivity contribution is -0.128. The normalized spacial score (nSPS) is 17.8. The van der Waals surface area contributed by atoms with Crippen LogP contribution in [0.3, 0.4) is 0 Å². The zero-order valence-electron chi connectivity index (χ0n) is 23.1. The minimum absolute atomic E-state index is 0.0237. The largest absolute Gasteiger partial charge is 0.382 e. The van der Waals surface area contributed by atoms with Crippen LogP contribution < -0.4 is 5.73 Å². The molecule has 0 unspecified atom stereocenters. The van der Waals surface area contributed by atoms with Gasteiger partial charge in [-0.1, -0.05) is 50.3 Å². The zero-order valence-corrected chi connectivity index (χ0v) is 23.1. The summed E-state index contributed by atoms with van der Waals surface area (Å²) in [5.41, 5.74) is 10.00. The average Bonchev–Trinajstić information content (AvgIpc) is 3.45. The van der Waals surface area contributed by atoms with Crippen LogP contribution in [0, 0.1) is 22.7 Å². The number of aromatic nitrogens is 4. The molecule has 1 aliphatic carbocycles. The SMILES string of the molecule is CC(C)/C=C(/C#N)C(=O)N1CC2(CC2)C[C@H]1c1nc(-c2ccc(C(=O)Cc3ccccn3)cc2)c2c(N)nccn12. The lowest BCUT2D eigenvalue weighted by atomic mass is 10.0. The number of likely N-dealkylation sites (tertiary alicyclic amines) is 1. The van der Waals surface area contributed by atoms with Gasteiger partial charge in [0.15, 0.2) is 5.78 Å². The topological polar surface area (TPSA) is 130 Å². The van der Waals surface area contributed by atoms with Gasteiger partial charge in [0.25, 0.3) is 5.91 Å². The van der Waals surface area contributed by atoms with Gasteiger partial charge in [0.1, 0.15) is 34.5 Å². The maximum Gasteiger partial charge on any atom is 0.264 e. The fraction of sp³-hybridized carbons (Fsp3) is 0.312. The van der Waals surface area contributed by atoms with Crippen LogP contribution in [-0.4, -0.2) is 42.5 Å². The monoisotopic (exact) mass is 545 g/mol. The molecule has 0 radical (unpaired) electrons. The highest BCUT2D eigenvalue weighted by molar-refractivity contribution is 5.99. The van der Waals surface area contributed by atoms with E-state index in [1.54, 1.807) is 30.6 Å². The van der Waals surface area contributed by atoms with Crippen molar-refractivity contribution < 1.29 is 9.59 Å². The highest BCUT2D eigenvalue weighted by Crippen LogP contribution is 2.58. The van der Waals surface area contributed by atoms with Crippen LogP contribution in [0.15, 0.2) is 72.7 Å². The predicted molar refractivity (Wildman–Crippen MR) is 154 cm³/mol. The average molecular weight is 546 g/mol. The third kappa shape index (κ3) is 4.97. The summed E-state index contributed by atoms with van der Waals surface area (Å²) in [6.45, 7) is 4.51. The minimum Gasteiger partial charge on any atom is -0.382 e. The Morgan fingerprint density at radius 2 is 1.93 bits per heavy atom. The second kappa shape index (κ2) is 10.3. The summed E-state index contributed by atoms with van der Waals surface area (Å²) in [6.07, 6.45) is 9.96. The quantitative estimate of drug-likeness (QED) is 0.197. The fourth-order valence-electron chi connectivity index (χ4n) is 5.79. The Kier molecular flexibility index (Phi) is 6.62. The van der Waals surface area contributed by atoms with Gasteiger partial charge in [-0.25, -0.2) is 9.97 Å². The lowest BCUT2D eigenvalue weighted by Crippen LogP contribution is -2.33. The molecule has 4 aromatic rings. The van der Waals surface area contributed by atoms with Crippen LogP contribution in [0.5, 0.6) is 0 Å². The number of nitrogen functional groups attached to an aromatic ring is 1. The Bertz CT molecular complexity index is 1710. The van der Waals surface area contributed by atoms with Crippen LogP contribution in [-0.2, 0) is 11.2 Å². The van der Waals surface area contributed by atoms with Crippen LogP contribution >= 0.6 is 0 Å². The molecule has 1 atom stereocenters. The van der Waals surface area contributed by atoms with E-state index in [9.17, 15) is 14.9 Å². The first-order valence-electron chi connectivity index (χ1n) is 13.9. The second-order valence-electron chi connectivity index (χ2n) is 11.4. The predicted octanol–water partition coefficient (Wildman–Crippen LogP) is 4.96. The van der Waals surface area contributed by atoms with E-state index < -0.39 is 0 Å². The van der Waals surface area contributed by atoms with Crippen molar-refractivity contribution in [2.45, 2.75) is 45.6 Å². The molecule has 0 bridgehead atoms. The summed E-state index contributed by atoms with van der Waals surface area (Å²) in [5, 5.41) is 9.77. The number of pyridine rings is 1. The summed E-state index contributed by atoms with van der Waals surface area (Å²) in [5.74, 6) is 0.813. The molecule has 206 valence electrons. The van der Waals surface area contributed by atoms with Crippen LogP contribution in [0.1, 0.15) is 61.0 Å². The third-order valence-electron chi connectivity index (χ3n) is 8.03. The van der Waals surface area contributed by atoms with Crippen molar-refractivity contribution in [3.8, 4) is 17.3 Å². The minimum atomic E-state index is -0.309. The molecule has 1 aliphatic heterocycles. The van der Waals surface area contributed by atoms with E-state index in [4.69, 9.17) is 10.7 Å². The molecule has 2 aliphatic rings. The third-order valence-corrected chi connectivity index (χ3v) is 8.03. The highest BCUT2D eigenvalue weighted by Gasteiger charge is 2.55. The molecule has 1 spiro atoms. The van der Waals surface area contributed by atoms with Crippen LogP contribution in [0.25, 0.3) is 16.8 Å².